The molecule has 0 heterocycles. The number of benzene rings is 9. The van der Waals surface area contributed by atoms with E-state index < -0.39 is 28.3 Å². The summed E-state index contributed by atoms with van der Waals surface area (Å²) in [5.41, 5.74) is 0. The van der Waals surface area contributed by atoms with Crippen LogP contribution in [0, 0.1) is 0 Å². The van der Waals surface area contributed by atoms with E-state index >= 15 is 4.57 Å². The van der Waals surface area contributed by atoms with Gasteiger partial charge in [0.25, 0.3) is 0 Å². The average Bonchev–Trinajstić information content (AvgIpc) is 0.685. The van der Waals surface area contributed by atoms with Crippen molar-refractivity contribution in [3.63, 3.8) is 0 Å². The number of hydrogen-bond acceptors (Lipinski definition) is 7. The molecule has 7 nitrogen and oxygen atoms in total. The number of phosphoric acid groups is 1. The Morgan fingerprint density at radius 1 is 0.247 bits per heavy atom. The zero-order valence-electron chi connectivity index (χ0n) is 55.0. The van der Waals surface area contributed by atoms with Gasteiger partial charge in [-0.3, -0.25) is 0 Å². The van der Waals surface area contributed by atoms with E-state index in [1.165, 1.54) is 0 Å². The first-order valence-electron chi connectivity index (χ1n) is 32.4. The normalized spacial score (nSPS) is 14.7. The average molecular weight is 1270 g/mol. The molecule has 9 aromatic rings. The summed E-state index contributed by atoms with van der Waals surface area (Å²) in [7, 11) is -5.47. The molecule has 0 spiro atoms. The van der Waals surface area contributed by atoms with Crippen LogP contribution in [0.3, 0.4) is 0 Å². The van der Waals surface area contributed by atoms with E-state index in [4.69, 9.17) is 0 Å². The summed E-state index contributed by atoms with van der Waals surface area (Å²) in [5.74, 6) is 0. The first-order valence-corrected chi connectivity index (χ1v) is 40.8. The van der Waals surface area contributed by atoms with E-state index in [0.29, 0.717) is 38.1 Å². The van der Waals surface area contributed by atoms with Gasteiger partial charge in [0.05, 0.1) is 0 Å². The predicted octanol–water partition coefficient (Wildman–Crippen LogP) is 15.8. The summed E-state index contributed by atoms with van der Waals surface area (Å²) in [6.45, 7) is 14.4. The van der Waals surface area contributed by atoms with Crippen LogP contribution in [-0.4, -0.2) is 89.1 Å². The number of rotatable bonds is 30. The summed E-state index contributed by atoms with van der Waals surface area (Å²) >= 11 is 0. The van der Waals surface area contributed by atoms with Crippen LogP contribution in [0.15, 0.2) is 273 Å². The molecule has 9 rings (SSSR count). The summed E-state index contributed by atoms with van der Waals surface area (Å²) in [5, 5.41) is 8.30. The van der Waals surface area contributed by atoms with Crippen molar-refractivity contribution in [3.8, 4) is 0 Å². The molecule has 0 aliphatic carbocycles. The quantitative estimate of drug-likeness (QED) is 0.0416. The monoisotopic (exact) mass is 1270 g/mol. The van der Waals surface area contributed by atoms with Gasteiger partial charge in [0.15, 0.2) is 0 Å². The Morgan fingerprint density at radius 2 is 0.371 bits per heavy atom. The van der Waals surface area contributed by atoms with Gasteiger partial charge in [0.2, 0.25) is 0 Å². The standard InChI is InChI=1S/C78H99N3O4P4/c1-64(2)79(65(3)4)58-61-87(70-40-22-13-23-41-70,71-42-24-14-25-43-71,72-44-26-15-27-45-72)83-86(82,84-88(73-46-28-16-29-47-73,74-48-30-17-31-49-74,75-50-32-18-33-51-75)62-59-80(66(5)6)67(7)8)85-89(76-52-34-19-35-53-76,77-54-36-20-37-55-77,78-56-38-21-39-57-78)63-60-81(68(9)10)69(11)12/h13-57,64-69H,58-63H2,1-12H3. The van der Waals surface area contributed by atoms with Crippen molar-refractivity contribution in [1.82, 2.24) is 14.7 Å². The fraction of sp³-hybridized carbons (Fsp3) is 0.308. The third-order valence-corrected chi connectivity index (χ3v) is 41.3. The summed E-state index contributed by atoms with van der Waals surface area (Å²) < 4.78 is 48.2. The SMILES string of the molecule is CC(C)N(CCP(OP(=O)(OP(CCN(C(C)C)C(C)C)(c1ccccc1)(c1ccccc1)c1ccccc1)OP(CCN(C(C)C)C(C)C)(c1ccccc1)(c1ccccc1)c1ccccc1)(c1ccccc1)(c1ccccc1)c1ccccc1)C(C)C. The van der Waals surface area contributed by atoms with Crippen LogP contribution in [0.1, 0.15) is 83.1 Å². The van der Waals surface area contributed by atoms with E-state index in [0.717, 1.165) is 47.7 Å². The minimum absolute atomic E-state index is 0.155. The van der Waals surface area contributed by atoms with E-state index in [9.17, 15) is 12.9 Å². The van der Waals surface area contributed by atoms with Crippen LogP contribution < -0.4 is 47.7 Å². The van der Waals surface area contributed by atoms with Gasteiger partial charge in [-0.1, -0.05) is 0 Å². The maximum atomic E-state index is 20.6. The van der Waals surface area contributed by atoms with E-state index in [1.807, 2.05) is 0 Å². The van der Waals surface area contributed by atoms with Gasteiger partial charge in [-0.25, -0.2) is 0 Å². The Hall–Kier alpha value is -5.74. The van der Waals surface area contributed by atoms with E-state index in [-0.39, 0.29) is 36.3 Å². The molecule has 0 N–H and O–H groups in total. The molecular weight excluding hydrogens is 1170 g/mol. The van der Waals surface area contributed by atoms with Crippen LogP contribution in [0.2, 0.25) is 0 Å². The molecule has 0 aromatic heterocycles. The zero-order valence-corrected chi connectivity index (χ0v) is 58.5. The Morgan fingerprint density at radius 3 is 0.483 bits per heavy atom. The molecule has 9 aromatic carbocycles. The van der Waals surface area contributed by atoms with Gasteiger partial charge < -0.3 is 0 Å². The summed E-state index contributed by atoms with van der Waals surface area (Å²) in [6, 6.07) is 97.8. The molecule has 0 bridgehead atoms. The van der Waals surface area contributed by atoms with E-state index in [1.54, 1.807) is 0 Å². The molecule has 0 atom stereocenters. The molecule has 470 valence electrons. The first kappa shape index (κ1) is 67.6. The molecule has 0 amide bonds. The molecule has 0 aliphatic heterocycles. The summed E-state index contributed by atoms with van der Waals surface area (Å²) in [6.07, 6.45) is 1.28. The van der Waals surface area contributed by atoms with Crippen LogP contribution in [-0.2, 0) is 17.5 Å². The van der Waals surface area contributed by atoms with Gasteiger partial charge in [-0.2, -0.15) is 0 Å². The molecule has 0 aliphatic rings. The second-order valence-electron chi connectivity index (χ2n) is 25.8. The van der Waals surface area contributed by atoms with Gasteiger partial charge >= 0.3 is 539 Å². The Labute approximate surface area is 535 Å². The Kier molecular flexibility index (Phi) is 21.6. The zero-order chi connectivity index (χ0) is 63.4. The topological polar surface area (TPSA) is 54.5 Å². The molecule has 0 fully saturated rings. The fourth-order valence-electron chi connectivity index (χ4n) is 14.7. The van der Waals surface area contributed by atoms with Crippen molar-refractivity contribution in [2.75, 3.05) is 38.1 Å². The molecule has 0 radical (unpaired) electrons. The number of nitrogens with zero attached hydrogens (tertiary/aromatic N) is 3. The molecule has 11 heteroatoms. The van der Waals surface area contributed by atoms with Gasteiger partial charge in [-0.05, 0) is 0 Å². The maximum absolute atomic E-state index is 20.6. The second kappa shape index (κ2) is 28.4. The Bertz CT molecular complexity index is 2950. The fourth-order valence-corrected chi connectivity index (χ4v) is 39.6. The third-order valence-electron chi connectivity index (χ3n) is 18.9. The van der Waals surface area contributed by atoms with Gasteiger partial charge in [-0.15, -0.1) is 0 Å². The van der Waals surface area contributed by atoms with Crippen LogP contribution in [0.25, 0.3) is 0 Å². The first-order chi connectivity index (χ1) is 42.8. The Balaban J connectivity index is 1.61. The van der Waals surface area contributed by atoms with Crippen LogP contribution in [0.4, 0.5) is 0 Å². The van der Waals surface area contributed by atoms with Crippen molar-refractivity contribution in [2.45, 2.75) is 119 Å². The molecule has 89 heavy (non-hydrogen) atoms. The van der Waals surface area contributed by atoms with Crippen molar-refractivity contribution in [2.24, 2.45) is 0 Å². The van der Waals surface area contributed by atoms with Crippen molar-refractivity contribution < 1.29 is 17.5 Å². The van der Waals surface area contributed by atoms with E-state index in [2.05, 4.69) is 371 Å². The molecule has 0 saturated carbocycles. The second-order valence-corrected chi connectivity index (χ2v) is 41.9. The van der Waals surface area contributed by atoms with Crippen molar-refractivity contribution >= 4 is 76.1 Å². The van der Waals surface area contributed by atoms with Crippen LogP contribution in [0.5, 0.6) is 0 Å². The molecular formula is C78H99N3O4P4. The van der Waals surface area contributed by atoms with Crippen molar-refractivity contribution in [3.05, 3.63) is 273 Å². The predicted molar refractivity (Wildman–Crippen MR) is 392 cm³/mol. The van der Waals surface area contributed by atoms with Crippen LogP contribution >= 0.6 is 28.3 Å². The van der Waals surface area contributed by atoms with Gasteiger partial charge in [0, 0.05) is 0 Å². The molecule has 0 unspecified atom stereocenters. The van der Waals surface area contributed by atoms with Gasteiger partial charge in [0.1, 0.15) is 0 Å². The molecule has 0 saturated heterocycles. The van der Waals surface area contributed by atoms with Crippen molar-refractivity contribution in [1.29, 1.82) is 0 Å². The summed E-state index contributed by atoms with van der Waals surface area (Å²) in [4.78, 5) is 7.67. The minimum atomic E-state index is -5.47. The number of hydrogen-bond donors (Lipinski definition) is 0. The third kappa shape index (κ3) is 12.7.